The topological polar surface area (TPSA) is 88.3 Å². The number of anilines is 1. The van der Waals surface area contributed by atoms with Crippen molar-refractivity contribution < 1.29 is 9.59 Å². The zero-order chi connectivity index (χ0) is 23.7. The Morgan fingerprint density at radius 3 is 2.35 bits per heavy atom. The molecule has 6 nitrogen and oxygen atoms in total. The number of nitrogens with zero attached hydrogens (tertiary/aromatic N) is 2. The highest BCUT2D eigenvalue weighted by atomic mass is 35.5. The molecule has 2 amide bonds. The molecule has 34 heavy (non-hydrogen) atoms. The van der Waals surface area contributed by atoms with E-state index in [1.165, 1.54) is 0 Å². The Morgan fingerprint density at radius 1 is 1.03 bits per heavy atom. The summed E-state index contributed by atoms with van der Waals surface area (Å²) in [4.78, 5) is 32.1. The van der Waals surface area contributed by atoms with Crippen LogP contribution < -0.4 is 11.1 Å². The number of carbonyl (C=O) groups is 2. The third-order valence-corrected chi connectivity index (χ3v) is 7.28. The molecule has 0 bridgehead atoms. The van der Waals surface area contributed by atoms with Gasteiger partial charge in [-0.25, -0.2) is 0 Å². The predicted molar refractivity (Wildman–Crippen MR) is 133 cm³/mol. The smallest absolute Gasteiger partial charge is 0.255 e. The Morgan fingerprint density at radius 2 is 1.71 bits per heavy atom. The van der Waals surface area contributed by atoms with E-state index in [2.05, 4.69) is 10.3 Å². The number of likely N-dealkylation sites (tertiary alicyclic amines) is 1. The third-order valence-electron chi connectivity index (χ3n) is 7.03. The number of nitrogens with one attached hydrogen (secondary N) is 1. The lowest BCUT2D eigenvalue weighted by atomic mass is 9.92. The number of halogens is 1. The molecule has 1 aliphatic heterocycles. The number of benzene rings is 2. The quantitative estimate of drug-likeness (QED) is 0.541. The monoisotopic (exact) mass is 474 g/mol. The van der Waals surface area contributed by atoms with E-state index in [9.17, 15) is 9.59 Å². The Kier molecular flexibility index (Phi) is 6.11. The summed E-state index contributed by atoms with van der Waals surface area (Å²) in [6, 6.07) is 18.1. The Hall–Kier alpha value is -3.22. The first kappa shape index (κ1) is 22.6. The fraction of sp³-hybridized carbons (Fsp3) is 0.296. The fourth-order valence-electron chi connectivity index (χ4n) is 4.93. The van der Waals surface area contributed by atoms with E-state index in [4.69, 9.17) is 17.3 Å². The van der Waals surface area contributed by atoms with E-state index in [-0.39, 0.29) is 23.9 Å². The highest BCUT2D eigenvalue weighted by Crippen LogP contribution is 2.51. The van der Waals surface area contributed by atoms with Gasteiger partial charge in [-0.05, 0) is 73.2 Å². The first-order valence-electron chi connectivity index (χ1n) is 11.6. The molecule has 5 rings (SSSR count). The van der Waals surface area contributed by atoms with Crippen LogP contribution in [0.25, 0.3) is 0 Å². The van der Waals surface area contributed by atoms with Gasteiger partial charge in [0.15, 0.2) is 0 Å². The van der Waals surface area contributed by atoms with Crippen molar-refractivity contribution in [2.75, 3.05) is 11.9 Å². The number of pyridine rings is 1. The Labute approximate surface area is 204 Å². The number of aromatic nitrogens is 1. The maximum Gasteiger partial charge on any atom is 0.255 e. The minimum absolute atomic E-state index is 0.0613. The number of hydrogen-bond acceptors (Lipinski definition) is 4. The summed E-state index contributed by atoms with van der Waals surface area (Å²) in [5.41, 5.74) is 9.43. The summed E-state index contributed by atoms with van der Waals surface area (Å²) in [7, 11) is 0. The van der Waals surface area contributed by atoms with Gasteiger partial charge in [0.2, 0.25) is 5.91 Å². The minimum Gasteiger partial charge on any atom is -0.337 e. The highest BCUT2D eigenvalue weighted by Gasteiger charge is 2.54. The van der Waals surface area contributed by atoms with Gasteiger partial charge in [-0.1, -0.05) is 35.9 Å². The van der Waals surface area contributed by atoms with Crippen LogP contribution in [0.4, 0.5) is 5.69 Å². The number of rotatable bonds is 6. The van der Waals surface area contributed by atoms with Crippen molar-refractivity contribution in [3.05, 3.63) is 94.8 Å². The lowest BCUT2D eigenvalue weighted by Gasteiger charge is -2.33. The Bertz CT molecular complexity index is 1180. The summed E-state index contributed by atoms with van der Waals surface area (Å²) >= 11 is 6.05. The van der Waals surface area contributed by atoms with Crippen LogP contribution >= 0.6 is 11.6 Å². The van der Waals surface area contributed by atoms with Gasteiger partial charge < -0.3 is 16.0 Å². The summed E-state index contributed by atoms with van der Waals surface area (Å²) in [6.45, 7) is 0.721. The van der Waals surface area contributed by atoms with Gasteiger partial charge in [0, 0.05) is 35.2 Å². The number of hydrogen-bond donors (Lipinski definition) is 2. The molecule has 1 saturated heterocycles. The SMILES string of the molecule is NC(c1ccc(C(=O)Nc2ccncc2)cc1)C1CCCN1C(=O)C1(c2ccc(Cl)cc2)CC1. The molecule has 174 valence electrons. The standard InChI is InChI=1S/C27H27ClN4O2/c28-21-9-7-20(8-10-21)27(13-14-27)26(34)32-17-1-2-23(32)24(29)18-3-5-19(6-4-18)25(33)31-22-11-15-30-16-12-22/h3-12,15-16,23-24H,1-2,13-14,17,29H2,(H,30,31,33). The predicted octanol–water partition coefficient (Wildman–Crippen LogP) is 4.71. The normalized spacial score (nSPS) is 19.5. The summed E-state index contributed by atoms with van der Waals surface area (Å²) < 4.78 is 0. The largest absolute Gasteiger partial charge is 0.337 e. The van der Waals surface area contributed by atoms with E-state index >= 15 is 0 Å². The molecule has 2 atom stereocenters. The van der Waals surface area contributed by atoms with Gasteiger partial charge in [0.05, 0.1) is 17.5 Å². The molecular weight excluding hydrogens is 448 g/mol. The second-order valence-electron chi connectivity index (χ2n) is 9.13. The van der Waals surface area contributed by atoms with E-state index in [1.54, 1.807) is 36.7 Å². The van der Waals surface area contributed by atoms with Gasteiger partial charge in [0.25, 0.3) is 5.91 Å². The van der Waals surface area contributed by atoms with Crippen LogP contribution in [0, 0.1) is 0 Å². The molecule has 0 spiro atoms. The lowest BCUT2D eigenvalue weighted by Crippen LogP contribution is -2.46. The molecule has 2 fully saturated rings. The summed E-state index contributed by atoms with van der Waals surface area (Å²) in [5.74, 6) is -0.0243. The minimum atomic E-state index is -0.443. The first-order chi connectivity index (χ1) is 16.5. The number of carbonyl (C=O) groups excluding carboxylic acids is 2. The molecule has 2 aromatic carbocycles. The van der Waals surface area contributed by atoms with E-state index in [0.29, 0.717) is 16.3 Å². The lowest BCUT2D eigenvalue weighted by molar-refractivity contribution is -0.135. The molecule has 3 aromatic rings. The van der Waals surface area contributed by atoms with Crippen LogP contribution in [0.1, 0.15) is 53.2 Å². The molecule has 2 unspecified atom stereocenters. The van der Waals surface area contributed by atoms with Gasteiger partial charge in [-0.2, -0.15) is 0 Å². The van der Waals surface area contributed by atoms with E-state index in [0.717, 1.165) is 43.4 Å². The molecule has 3 N–H and O–H groups in total. The average Bonchev–Trinajstić information content (AvgIpc) is 3.53. The van der Waals surface area contributed by atoms with Gasteiger partial charge in [0.1, 0.15) is 0 Å². The third kappa shape index (κ3) is 4.31. The average molecular weight is 475 g/mol. The zero-order valence-electron chi connectivity index (χ0n) is 18.8. The van der Waals surface area contributed by atoms with Gasteiger partial charge >= 0.3 is 0 Å². The van der Waals surface area contributed by atoms with Gasteiger partial charge in [-0.3, -0.25) is 14.6 Å². The van der Waals surface area contributed by atoms with Crippen molar-refractivity contribution in [2.45, 2.75) is 43.2 Å². The van der Waals surface area contributed by atoms with Crippen LogP contribution in [0.2, 0.25) is 5.02 Å². The van der Waals surface area contributed by atoms with Crippen molar-refractivity contribution >= 4 is 29.1 Å². The summed E-state index contributed by atoms with van der Waals surface area (Å²) in [6.07, 6.45) is 6.78. The van der Waals surface area contributed by atoms with E-state index in [1.807, 2.05) is 41.3 Å². The molecule has 2 aliphatic rings. The van der Waals surface area contributed by atoms with Crippen molar-refractivity contribution in [2.24, 2.45) is 5.73 Å². The molecule has 7 heteroatoms. The maximum absolute atomic E-state index is 13.7. The van der Waals surface area contributed by atoms with Crippen LogP contribution in [-0.4, -0.2) is 34.3 Å². The molecule has 1 aromatic heterocycles. The van der Waals surface area contributed by atoms with Crippen molar-refractivity contribution in [1.82, 2.24) is 9.88 Å². The second kappa shape index (κ2) is 9.20. The van der Waals surface area contributed by atoms with Gasteiger partial charge in [-0.15, -0.1) is 0 Å². The molecular formula is C27H27ClN4O2. The van der Waals surface area contributed by atoms with Crippen LogP contribution in [0.15, 0.2) is 73.1 Å². The second-order valence-corrected chi connectivity index (χ2v) is 9.57. The van der Waals surface area contributed by atoms with Crippen LogP contribution in [-0.2, 0) is 10.2 Å². The maximum atomic E-state index is 13.7. The fourth-order valence-corrected chi connectivity index (χ4v) is 5.06. The first-order valence-corrected chi connectivity index (χ1v) is 12.0. The van der Waals surface area contributed by atoms with Crippen LogP contribution in [0.5, 0.6) is 0 Å². The molecule has 1 saturated carbocycles. The van der Waals surface area contributed by atoms with Crippen molar-refractivity contribution in [1.29, 1.82) is 0 Å². The Balaban J connectivity index is 1.29. The van der Waals surface area contributed by atoms with Crippen molar-refractivity contribution in [3.63, 3.8) is 0 Å². The molecule has 0 radical (unpaired) electrons. The van der Waals surface area contributed by atoms with E-state index < -0.39 is 5.41 Å². The van der Waals surface area contributed by atoms with Crippen LogP contribution in [0.3, 0.4) is 0 Å². The molecule has 1 aliphatic carbocycles. The zero-order valence-corrected chi connectivity index (χ0v) is 19.5. The molecule has 2 heterocycles. The van der Waals surface area contributed by atoms with Crippen molar-refractivity contribution in [3.8, 4) is 0 Å². The summed E-state index contributed by atoms with van der Waals surface area (Å²) in [5, 5.41) is 3.53. The number of amides is 2. The number of nitrogens with two attached hydrogens (primary N) is 1. The highest BCUT2D eigenvalue weighted by molar-refractivity contribution is 6.30.